The molecule has 0 radical (unpaired) electrons. The molecule has 0 aliphatic carbocycles. The quantitative estimate of drug-likeness (QED) is 0.719. The third kappa shape index (κ3) is 1.91. The fourth-order valence-electron chi connectivity index (χ4n) is 1.54. The first kappa shape index (κ1) is 10.7. The van der Waals surface area contributed by atoms with Gasteiger partial charge >= 0.3 is 0 Å². The smallest absolute Gasteiger partial charge is 0.278 e. The number of H-pyrrole nitrogens is 2. The number of hydrogen-bond acceptors (Lipinski definition) is 4. The second-order valence-corrected chi connectivity index (χ2v) is 3.65. The zero-order valence-electron chi connectivity index (χ0n) is 9.42. The normalized spacial score (nSPS) is 10.9. The molecule has 2 rings (SSSR count). The molecule has 0 bridgehead atoms. The highest BCUT2D eigenvalue weighted by Crippen LogP contribution is 2.08. The lowest BCUT2D eigenvalue weighted by Gasteiger charge is -1.95. The summed E-state index contributed by atoms with van der Waals surface area (Å²) in [6.07, 6.45) is 3.00. The van der Waals surface area contributed by atoms with Gasteiger partial charge in [-0.3, -0.25) is 9.78 Å². The average Bonchev–Trinajstić information content (AvgIpc) is 2.69. The zero-order valence-corrected chi connectivity index (χ0v) is 9.42. The molecule has 0 saturated carbocycles. The molecule has 0 atom stereocenters. The highest BCUT2D eigenvalue weighted by atomic mass is 16.1. The summed E-state index contributed by atoms with van der Waals surface area (Å²) >= 11 is 0. The Hall–Kier alpha value is -1.85. The van der Waals surface area contributed by atoms with E-state index in [9.17, 15) is 4.79 Å². The van der Waals surface area contributed by atoms with E-state index in [1.165, 1.54) is 0 Å². The van der Waals surface area contributed by atoms with Gasteiger partial charge in [-0.15, -0.1) is 0 Å². The fourth-order valence-corrected chi connectivity index (χ4v) is 1.54. The van der Waals surface area contributed by atoms with Crippen molar-refractivity contribution in [2.24, 2.45) is 0 Å². The van der Waals surface area contributed by atoms with Crippen molar-refractivity contribution in [2.75, 3.05) is 12.4 Å². The van der Waals surface area contributed by atoms with Gasteiger partial charge in [0.25, 0.3) is 5.56 Å². The molecule has 0 aromatic carbocycles. The maximum atomic E-state index is 11.6. The number of aromatic nitrogens is 4. The van der Waals surface area contributed by atoms with E-state index in [1.807, 2.05) is 0 Å². The molecule has 2 heterocycles. The van der Waals surface area contributed by atoms with Crippen LogP contribution in [0.3, 0.4) is 0 Å². The van der Waals surface area contributed by atoms with E-state index in [4.69, 9.17) is 0 Å². The minimum atomic E-state index is -0.190. The summed E-state index contributed by atoms with van der Waals surface area (Å²) in [5, 5.41) is 2.79. The largest absolute Gasteiger partial charge is 0.359 e. The Kier molecular flexibility index (Phi) is 2.89. The molecule has 2 aromatic heterocycles. The van der Waals surface area contributed by atoms with Gasteiger partial charge in [0.05, 0.1) is 0 Å². The van der Waals surface area contributed by atoms with Crippen LogP contribution in [0.4, 0.5) is 5.95 Å². The molecule has 0 saturated heterocycles. The highest BCUT2D eigenvalue weighted by Gasteiger charge is 2.08. The standard InChI is InChI=1S/C10H15N5O/c1-3-4-5-6-12-7-8(13-6)14-10(11-2)15-9(7)16/h3-5H2,1-2H3,(H3,11,12,13,14,15,16). The molecule has 2 aromatic rings. The summed E-state index contributed by atoms with van der Waals surface area (Å²) in [7, 11) is 1.70. The lowest BCUT2D eigenvalue weighted by atomic mass is 10.2. The molecule has 0 amide bonds. The lowest BCUT2D eigenvalue weighted by molar-refractivity contribution is 0.764. The van der Waals surface area contributed by atoms with Crippen LogP contribution in [0.15, 0.2) is 4.79 Å². The van der Waals surface area contributed by atoms with E-state index in [-0.39, 0.29) is 5.56 Å². The Balaban J connectivity index is 2.44. The summed E-state index contributed by atoms with van der Waals surface area (Å²) in [5.41, 5.74) is 0.730. The number of imidazole rings is 1. The van der Waals surface area contributed by atoms with E-state index >= 15 is 0 Å². The average molecular weight is 221 g/mol. The van der Waals surface area contributed by atoms with Crippen molar-refractivity contribution < 1.29 is 0 Å². The molecule has 0 spiro atoms. The second-order valence-electron chi connectivity index (χ2n) is 3.65. The zero-order chi connectivity index (χ0) is 11.5. The number of nitrogens with one attached hydrogen (secondary N) is 3. The van der Waals surface area contributed by atoms with Crippen molar-refractivity contribution in [1.29, 1.82) is 0 Å². The predicted molar refractivity (Wildman–Crippen MR) is 62.7 cm³/mol. The molecule has 0 unspecified atom stereocenters. The first-order chi connectivity index (χ1) is 7.74. The maximum absolute atomic E-state index is 11.6. The molecule has 0 aliphatic rings. The van der Waals surface area contributed by atoms with Crippen molar-refractivity contribution in [3.63, 3.8) is 0 Å². The first-order valence-electron chi connectivity index (χ1n) is 5.41. The minimum absolute atomic E-state index is 0.190. The predicted octanol–water partition coefficient (Wildman–Crippen LogP) is 1.03. The summed E-state index contributed by atoms with van der Waals surface area (Å²) < 4.78 is 0. The summed E-state index contributed by atoms with van der Waals surface area (Å²) in [6.45, 7) is 2.12. The van der Waals surface area contributed by atoms with E-state index in [2.05, 4.69) is 32.2 Å². The van der Waals surface area contributed by atoms with Crippen molar-refractivity contribution in [2.45, 2.75) is 26.2 Å². The van der Waals surface area contributed by atoms with Crippen LogP contribution < -0.4 is 10.9 Å². The van der Waals surface area contributed by atoms with Gasteiger partial charge in [-0.2, -0.15) is 4.98 Å². The van der Waals surface area contributed by atoms with Crippen LogP contribution in [0.5, 0.6) is 0 Å². The van der Waals surface area contributed by atoms with Gasteiger partial charge in [-0.1, -0.05) is 13.3 Å². The molecule has 0 fully saturated rings. The SMILES string of the molecule is CCCCc1nc2nc(NC)[nH]c(=O)c2[nH]1. The number of aryl methyl sites for hydroxylation is 1. The van der Waals surface area contributed by atoms with E-state index < -0.39 is 0 Å². The number of anilines is 1. The van der Waals surface area contributed by atoms with Crippen molar-refractivity contribution in [1.82, 2.24) is 19.9 Å². The molecule has 3 N–H and O–H groups in total. The topological polar surface area (TPSA) is 86.5 Å². The van der Waals surface area contributed by atoms with Gasteiger partial charge in [0.15, 0.2) is 11.2 Å². The highest BCUT2D eigenvalue weighted by molar-refractivity contribution is 5.70. The van der Waals surface area contributed by atoms with Gasteiger partial charge in [0, 0.05) is 13.5 Å². The van der Waals surface area contributed by atoms with Gasteiger partial charge in [-0.25, -0.2) is 4.98 Å². The summed E-state index contributed by atoms with van der Waals surface area (Å²) in [5.74, 6) is 1.26. The summed E-state index contributed by atoms with van der Waals surface area (Å²) in [6, 6.07) is 0. The number of hydrogen-bond donors (Lipinski definition) is 3. The van der Waals surface area contributed by atoms with Crippen LogP contribution in [0.25, 0.3) is 11.2 Å². The molecular weight excluding hydrogens is 206 g/mol. The Labute approximate surface area is 92.5 Å². The van der Waals surface area contributed by atoms with Crippen LogP contribution in [0, 0.1) is 0 Å². The number of nitrogens with zero attached hydrogens (tertiary/aromatic N) is 2. The van der Waals surface area contributed by atoms with Crippen molar-refractivity contribution in [3.05, 3.63) is 16.2 Å². The van der Waals surface area contributed by atoms with Gasteiger partial charge in [0.1, 0.15) is 5.82 Å². The van der Waals surface area contributed by atoms with Crippen LogP contribution in [0.1, 0.15) is 25.6 Å². The number of aromatic amines is 2. The monoisotopic (exact) mass is 221 g/mol. The summed E-state index contributed by atoms with van der Waals surface area (Å²) in [4.78, 5) is 25.7. The lowest BCUT2D eigenvalue weighted by Crippen LogP contribution is -2.11. The Morgan fingerprint density at radius 1 is 1.31 bits per heavy atom. The van der Waals surface area contributed by atoms with Crippen LogP contribution in [0.2, 0.25) is 0 Å². The maximum Gasteiger partial charge on any atom is 0.278 e. The minimum Gasteiger partial charge on any atom is -0.359 e. The number of rotatable bonds is 4. The van der Waals surface area contributed by atoms with Gasteiger partial charge in [0.2, 0.25) is 5.95 Å². The van der Waals surface area contributed by atoms with Gasteiger partial charge in [-0.05, 0) is 6.42 Å². The van der Waals surface area contributed by atoms with E-state index in [1.54, 1.807) is 7.05 Å². The molecule has 6 nitrogen and oxygen atoms in total. The van der Waals surface area contributed by atoms with Crippen LogP contribution in [-0.2, 0) is 6.42 Å². The first-order valence-corrected chi connectivity index (χ1v) is 5.41. The Bertz CT molecular complexity index is 542. The fraction of sp³-hybridized carbons (Fsp3) is 0.500. The van der Waals surface area contributed by atoms with Crippen LogP contribution in [-0.4, -0.2) is 27.0 Å². The second kappa shape index (κ2) is 4.34. The molecule has 86 valence electrons. The van der Waals surface area contributed by atoms with E-state index in [0.717, 1.165) is 25.1 Å². The van der Waals surface area contributed by atoms with Crippen molar-refractivity contribution in [3.8, 4) is 0 Å². The van der Waals surface area contributed by atoms with Gasteiger partial charge < -0.3 is 10.3 Å². The Morgan fingerprint density at radius 2 is 2.12 bits per heavy atom. The van der Waals surface area contributed by atoms with E-state index in [0.29, 0.717) is 17.1 Å². The third-order valence-electron chi connectivity index (χ3n) is 2.41. The number of fused-ring (bicyclic) bond motifs is 1. The van der Waals surface area contributed by atoms with Crippen LogP contribution >= 0.6 is 0 Å². The molecule has 16 heavy (non-hydrogen) atoms. The third-order valence-corrected chi connectivity index (χ3v) is 2.41. The molecule has 0 aliphatic heterocycles. The Morgan fingerprint density at radius 3 is 2.81 bits per heavy atom. The van der Waals surface area contributed by atoms with Crippen molar-refractivity contribution >= 4 is 17.1 Å². The molecular formula is C10H15N5O. The molecule has 6 heteroatoms. The number of unbranched alkanes of at least 4 members (excludes halogenated alkanes) is 1.